The highest BCUT2D eigenvalue weighted by atomic mass is 35.5. The first kappa shape index (κ1) is 22.3. The van der Waals surface area contributed by atoms with E-state index >= 15 is 0 Å². The van der Waals surface area contributed by atoms with E-state index in [4.69, 9.17) is 11.6 Å². The molecule has 2 aromatic carbocycles. The van der Waals surface area contributed by atoms with Crippen LogP contribution in [0.2, 0.25) is 5.02 Å². The van der Waals surface area contributed by atoms with Crippen molar-refractivity contribution >= 4 is 39.1 Å². The van der Waals surface area contributed by atoms with Crippen molar-refractivity contribution in [1.29, 1.82) is 0 Å². The zero-order valence-corrected chi connectivity index (χ0v) is 18.6. The second-order valence-corrected chi connectivity index (χ2v) is 9.98. The summed E-state index contributed by atoms with van der Waals surface area (Å²) in [7, 11) is -3.67. The molecule has 0 unspecified atom stereocenters. The molecule has 7 nitrogen and oxygen atoms in total. The van der Waals surface area contributed by atoms with Crippen molar-refractivity contribution in [3.05, 3.63) is 64.7 Å². The number of sulfonamides is 1. The fourth-order valence-corrected chi connectivity index (χ4v) is 4.58. The molecule has 0 saturated carbocycles. The Morgan fingerprint density at radius 3 is 2.47 bits per heavy atom. The highest BCUT2D eigenvalue weighted by Gasteiger charge is 2.50. The third kappa shape index (κ3) is 4.35. The summed E-state index contributed by atoms with van der Waals surface area (Å²) in [5, 5.41) is 3.30. The van der Waals surface area contributed by atoms with Crippen LogP contribution in [0.1, 0.15) is 18.1 Å². The van der Waals surface area contributed by atoms with E-state index < -0.39 is 27.4 Å². The summed E-state index contributed by atoms with van der Waals surface area (Å²) >= 11 is 6.25. The molecule has 1 fully saturated rings. The van der Waals surface area contributed by atoms with Gasteiger partial charge in [0.2, 0.25) is 21.8 Å². The number of benzene rings is 2. The van der Waals surface area contributed by atoms with Crippen LogP contribution < -0.4 is 10.2 Å². The van der Waals surface area contributed by atoms with Crippen molar-refractivity contribution in [3.8, 4) is 0 Å². The number of piperazine rings is 1. The maximum Gasteiger partial charge on any atom is 0.247 e. The van der Waals surface area contributed by atoms with Crippen LogP contribution in [0.25, 0.3) is 0 Å². The van der Waals surface area contributed by atoms with E-state index in [0.29, 0.717) is 16.3 Å². The van der Waals surface area contributed by atoms with Crippen molar-refractivity contribution in [2.75, 3.05) is 24.2 Å². The van der Waals surface area contributed by atoms with Gasteiger partial charge >= 0.3 is 0 Å². The molecule has 2 amide bonds. The van der Waals surface area contributed by atoms with Crippen molar-refractivity contribution in [1.82, 2.24) is 9.62 Å². The van der Waals surface area contributed by atoms with Gasteiger partial charge in [0.1, 0.15) is 5.54 Å². The molecule has 2 aromatic rings. The molecular weight excluding hydrogens is 426 g/mol. The second-order valence-electron chi connectivity index (χ2n) is 7.59. The van der Waals surface area contributed by atoms with E-state index in [9.17, 15) is 18.0 Å². The first-order valence-corrected chi connectivity index (χ1v) is 11.6. The Kier molecular flexibility index (Phi) is 6.21. The number of hydrogen-bond acceptors (Lipinski definition) is 4. The number of carbonyl (C=O) groups is 2. The fourth-order valence-electron chi connectivity index (χ4n) is 3.58. The third-order valence-corrected chi connectivity index (χ3v) is 6.88. The minimum atomic E-state index is -3.67. The van der Waals surface area contributed by atoms with E-state index in [1.54, 1.807) is 32.0 Å². The molecule has 0 bridgehead atoms. The lowest BCUT2D eigenvalue weighted by atomic mass is 9.93. The van der Waals surface area contributed by atoms with E-state index in [1.165, 1.54) is 4.90 Å². The van der Waals surface area contributed by atoms with Crippen LogP contribution in [-0.2, 0) is 26.2 Å². The Hall–Kier alpha value is -2.42. The number of carbonyl (C=O) groups excluding carboxylic acids is 2. The summed E-state index contributed by atoms with van der Waals surface area (Å²) in [5.74, 6) is -0.943. The van der Waals surface area contributed by atoms with Gasteiger partial charge in [-0.1, -0.05) is 48.0 Å². The van der Waals surface area contributed by atoms with Gasteiger partial charge in [-0.05, 0) is 37.1 Å². The second kappa shape index (κ2) is 8.37. The van der Waals surface area contributed by atoms with Gasteiger partial charge in [-0.2, -0.15) is 4.31 Å². The van der Waals surface area contributed by atoms with Crippen LogP contribution in [0.3, 0.4) is 0 Å². The Morgan fingerprint density at radius 2 is 1.83 bits per heavy atom. The predicted molar refractivity (Wildman–Crippen MR) is 117 cm³/mol. The molecule has 1 saturated heterocycles. The molecule has 0 spiro atoms. The number of rotatable bonds is 5. The smallest absolute Gasteiger partial charge is 0.247 e. The fraction of sp³-hybridized carbons (Fsp3) is 0.333. The van der Waals surface area contributed by atoms with Crippen molar-refractivity contribution in [2.45, 2.75) is 25.9 Å². The molecule has 3 rings (SSSR count). The van der Waals surface area contributed by atoms with Gasteiger partial charge in [-0.25, -0.2) is 8.42 Å². The van der Waals surface area contributed by atoms with Gasteiger partial charge < -0.3 is 5.32 Å². The standard InChI is InChI=1S/C21H24ClN3O4S/c1-15-17(22)10-7-11-18(15)25-19(26)13-24(30(3,28)29)14-21(25,2)20(27)23-12-16-8-5-4-6-9-16/h4-11H,12-14H2,1-3H3,(H,23,27)/t21-/m0/s1. The van der Waals surface area contributed by atoms with Crippen LogP contribution in [0.5, 0.6) is 0 Å². The van der Waals surface area contributed by atoms with E-state index in [2.05, 4.69) is 5.32 Å². The van der Waals surface area contributed by atoms with E-state index in [-0.39, 0.29) is 19.6 Å². The summed E-state index contributed by atoms with van der Waals surface area (Å²) in [5.41, 5.74) is 0.560. The van der Waals surface area contributed by atoms with Gasteiger partial charge in [0.15, 0.2) is 0 Å². The highest BCUT2D eigenvalue weighted by molar-refractivity contribution is 7.88. The van der Waals surface area contributed by atoms with E-state index in [1.807, 2.05) is 30.3 Å². The largest absolute Gasteiger partial charge is 0.350 e. The number of hydrogen-bond donors (Lipinski definition) is 1. The van der Waals surface area contributed by atoms with Gasteiger partial charge in [0.05, 0.1) is 12.8 Å². The SMILES string of the molecule is Cc1c(Cl)cccc1N1C(=O)CN(S(C)(=O)=O)C[C@@]1(C)C(=O)NCc1ccccc1. The summed E-state index contributed by atoms with van der Waals surface area (Å²) in [6.07, 6.45) is 1.03. The monoisotopic (exact) mass is 449 g/mol. The zero-order chi connectivity index (χ0) is 22.1. The van der Waals surface area contributed by atoms with E-state index in [0.717, 1.165) is 16.1 Å². The van der Waals surface area contributed by atoms with Gasteiger partial charge in [0.25, 0.3) is 0 Å². The first-order valence-electron chi connectivity index (χ1n) is 9.39. The molecular formula is C21H24ClN3O4S. The van der Waals surface area contributed by atoms with Gasteiger partial charge in [0, 0.05) is 23.8 Å². The number of nitrogens with zero attached hydrogens (tertiary/aromatic N) is 2. The summed E-state index contributed by atoms with van der Waals surface area (Å²) in [6.45, 7) is 3.08. The number of anilines is 1. The number of nitrogens with one attached hydrogen (secondary N) is 1. The Bertz CT molecular complexity index is 1070. The molecule has 0 aliphatic carbocycles. The lowest BCUT2D eigenvalue weighted by Crippen LogP contribution is -2.70. The average molecular weight is 450 g/mol. The minimum Gasteiger partial charge on any atom is -0.350 e. The van der Waals surface area contributed by atoms with Crippen LogP contribution >= 0.6 is 11.6 Å². The summed E-state index contributed by atoms with van der Waals surface area (Å²) in [4.78, 5) is 27.8. The molecule has 9 heteroatoms. The molecule has 1 aliphatic heterocycles. The molecule has 160 valence electrons. The molecule has 30 heavy (non-hydrogen) atoms. The lowest BCUT2D eigenvalue weighted by molar-refractivity contribution is -0.133. The van der Waals surface area contributed by atoms with Crippen LogP contribution in [0.4, 0.5) is 5.69 Å². The summed E-state index contributed by atoms with van der Waals surface area (Å²) < 4.78 is 25.4. The normalized spacial score (nSPS) is 20.3. The molecule has 1 aliphatic rings. The topological polar surface area (TPSA) is 86.8 Å². The Labute approximate surface area is 181 Å². The maximum absolute atomic E-state index is 13.3. The molecule has 1 N–H and O–H groups in total. The quantitative estimate of drug-likeness (QED) is 0.759. The van der Waals surface area contributed by atoms with Gasteiger partial charge in [-0.15, -0.1) is 0 Å². The average Bonchev–Trinajstić information content (AvgIpc) is 2.68. The molecule has 1 atom stereocenters. The van der Waals surface area contributed by atoms with Gasteiger partial charge in [-0.3, -0.25) is 14.5 Å². The van der Waals surface area contributed by atoms with Crippen molar-refractivity contribution in [2.24, 2.45) is 0 Å². The minimum absolute atomic E-state index is 0.163. The molecule has 1 heterocycles. The maximum atomic E-state index is 13.3. The summed E-state index contributed by atoms with van der Waals surface area (Å²) in [6, 6.07) is 14.4. The Balaban J connectivity index is 2.01. The number of halogens is 1. The third-order valence-electron chi connectivity index (χ3n) is 5.27. The zero-order valence-electron chi connectivity index (χ0n) is 17.1. The molecule has 0 radical (unpaired) electrons. The van der Waals surface area contributed by atoms with Crippen LogP contribution in [0.15, 0.2) is 48.5 Å². The number of amides is 2. The lowest BCUT2D eigenvalue weighted by Gasteiger charge is -2.47. The van der Waals surface area contributed by atoms with Crippen molar-refractivity contribution < 1.29 is 18.0 Å². The predicted octanol–water partition coefficient (Wildman–Crippen LogP) is 2.33. The van der Waals surface area contributed by atoms with Crippen LogP contribution in [-0.4, -0.2) is 49.4 Å². The highest BCUT2D eigenvalue weighted by Crippen LogP contribution is 2.35. The molecule has 0 aromatic heterocycles. The first-order chi connectivity index (χ1) is 14.0. The van der Waals surface area contributed by atoms with Crippen LogP contribution in [0, 0.1) is 6.92 Å². The van der Waals surface area contributed by atoms with Crippen molar-refractivity contribution in [3.63, 3.8) is 0 Å². The Morgan fingerprint density at radius 1 is 1.17 bits per heavy atom.